The van der Waals surface area contributed by atoms with Crippen molar-refractivity contribution in [3.8, 4) is 0 Å². The Bertz CT molecular complexity index is 952. The number of hydrogen-bond donors (Lipinski definition) is 0. The number of carbonyl (C=O) groups excluding carboxylic acids is 2. The SMILES string of the molecule is COCCN(CC(=O)N1N=C(c2cccs2)CC1c1ccc(Cl)cc1)C(=O)CC(C)(C)C. The molecule has 1 unspecified atom stereocenters. The monoisotopic (exact) mass is 475 g/mol. The van der Waals surface area contributed by atoms with E-state index >= 15 is 0 Å². The van der Waals surface area contributed by atoms with Crippen LogP contribution < -0.4 is 0 Å². The van der Waals surface area contributed by atoms with Gasteiger partial charge in [-0.2, -0.15) is 5.10 Å². The van der Waals surface area contributed by atoms with E-state index in [9.17, 15) is 9.59 Å². The summed E-state index contributed by atoms with van der Waals surface area (Å²) >= 11 is 7.67. The van der Waals surface area contributed by atoms with Gasteiger partial charge in [-0.1, -0.05) is 50.6 Å². The van der Waals surface area contributed by atoms with Crippen LogP contribution in [-0.4, -0.2) is 54.2 Å². The van der Waals surface area contributed by atoms with Crippen LogP contribution >= 0.6 is 22.9 Å². The minimum Gasteiger partial charge on any atom is -0.383 e. The van der Waals surface area contributed by atoms with Crippen LogP contribution in [0.5, 0.6) is 0 Å². The third kappa shape index (κ3) is 6.40. The maximum absolute atomic E-state index is 13.4. The summed E-state index contributed by atoms with van der Waals surface area (Å²) in [6.07, 6.45) is 0.968. The van der Waals surface area contributed by atoms with E-state index in [-0.39, 0.29) is 29.8 Å². The number of thiophene rings is 1. The molecular formula is C24H30ClN3O3S. The largest absolute Gasteiger partial charge is 0.383 e. The number of ether oxygens (including phenoxy) is 1. The van der Waals surface area contributed by atoms with E-state index in [1.807, 2.05) is 62.5 Å². The van der Waals surface area contributed by atoms with Crippen LogP contribution in [0.2, 0.25) is 5.02 Å². The van der Waals surface area contributed by atoms with Gasteiger partial charge in [0.1, 0.15) is 6.54 Å². The Labute approximate surface area is 198 Å². The summed E-state index contributed by atoms with van der Waals surface area (Å²) in [6.45, 7) is 6.72. The molecule has 0 saturated heterocycles. The molecule has 1 aromatic heterocycles. The zero-order valence-electron chi connectivity index (χ0n) is 19.0. The maximum atomic E-state index is 13.4. The van der Waals surface area contributed by atoms with Gasteiger partial charge >= 0.3 is 0 Å². The summed E-state index contributed by atoms with van der Waals surface area (Å²) in [5.74, 6) is -0.275. The number of methoxy groups -OCH3 is 1. The molecule has 2 amide bonds. The van der Waals surface area contributed by atoms with Crippen molar-refractivity contribution in [2.75, 3.05) is 26.8 Å². The van der Waals surface area contributed by atoms with Gasteiger partial charge in [0.25, 0.3) is 5.91 Å². The first kappa shape index (κ1) is 24.4. The summed E-state index contributed by atoms with van der Waals surface area (Å²) in [6, 6.07) is 11.2. The molecule has 1 aliphatic rings. The molecule has 2 aromatic rings. The Hall–Kier alpha value is -2.22. The molecule has 6 nitrogen and oxygen atoms in total. The highest BCUT2D eigenvalue weighted by Crippen LogP contribution is 2.34. The third-order valence-corrected chi connectivity index (χ3v) is 6.32. The minimum absolute atomic E-state index is 0.0381. The van der Waals surface area contributed by atoms with Crippen molar-refractivity contribution in [3.63, 3.8) is 0 Å². The normalized spacial score (nSPS) is 16.2. The van der Waals surface area contributed by atoms with Crippen LogP contribution in [-0.2, 0) is 14.3 Å². The number of benzene rings is 1. The van der Waals surface area contributed by atoms with Gasteiger partial charge in [-0.05, 0) is 34.6 Å². The highest BCUT2D eigenvalue weighted by molar-refractivity contribution is 7.12. The van der Waals surface area contributed by atoms with Gasteiger partial charge in [0.2, 0.25) is 5.91 Å². The Balaban J connectivity index is 1.84. The molecule has 8 heteroatoms. The number of hydrazone groups is 1. The van der Waals surface area contributed by atoms with Gasteiger partial charge in [-0.15, -0.1) is 11.3 Å². The van der Waals surface area contributed by atoms with E-state index in [4.69, 9.17) is 16.3 Å². The van der Waals surface area contributed by atoms with Crippen molar-refractivity contribution >= 4 is 40.5 Å². The summed E-state index contributed by atoms with van der Waals surface area (Å²) in [5.41, 5.74) is 1.66. The first-order chi connectivity index (χ1) is 15.2. The van der Waals surface area contributed by atoms with E-state index < -0.39 is 0 Å². The van der Waals surface area contributed by atoms with Crippen molar-refractivity contribution in [2.24, 2.45) is 10.5 Å². The molecule has 1 aromatic carbocycles. The fourth-order valence-corrected chi connectivity index (χ4v) is 4.42. The molecule has 2 heterocycles. The first-order valence-corrected chi connectivity index (χ1v) is 11.9. The smallest absolute Gasteiger partial charge is 0.262 e. The number of rotatable bonds is 8. The van der Waals surface area contributed by atoms with Crippen LogP contribution in [0.15, 0.2) is 46.9 Å². The lowest BCUT2D eigenvalue weighted by Gasteiger charge is -2.29. The summed E-state index contributed by atoms with van der Waals surface area (Å²) in [7, 11) is 1.59. The molecule has 172 valence electrons. The summed E-state index contributed by atoms with van der Waals surface area (Å²) < 4.78 is 5.17. The van der Waals surface area contributed by atoms with E-state index in [0.717, 1.165) is 16.2 Å². The predicted octanol–water partition coefficient (Wildman–Crippen LogP) is 4.99. The molecule has 1 aliphatic heterocycles. The molecule has 0 radical (unpaired) electrons. The quantitative estimate of drug-likeness (QED) is 0.540. The zero-order valence-corrected chi connectivity index (χ0v) is 20.6. The maximum Gasteiger partial charge on any atom is 0.262 e. The van der Waals surface area contributed by atoms with Crippen LogP contribution in [0.4, 0.5) is 0 Å². The predicted molar refractivity (Wildman–Crippen MR) is 129 cm³/mol. The van der Waals surface area contributed by atoms with E-state index in [1.165, 1.54) is 5.01 Å². The van der Waals surface area contributed by atoms with Gasteiger partial charge < -0.3 is 9.64 Å². The lowest BCUT2D eigenvalue weighted by molar-refractivity contribution is -0.143. The van der Waals surface area contributed by atoms with E-state index in [1.54, 1.807) is 23.3 Å². The highest BCUT2D eigenvalue weighted by Gasteiger charge is 2.35. The summed E-state index contributed by atoms with van der Waals surface area (Å²) in [5, 5.41) is 8.86. The molecule has 0 saturated carbocycles. The Morgan fingerprint density at radius 3 is 2.56 bits per heavy atom. The minimum atomic E-state index is -0.237. The second-order valence-electron chi connectivity index (χ2n) is 9.08. The molecule has 0 N–H and O–H groups in total. The van der Waals surface area contributed by atoms with Crippen molar-refractivity contribution in [2.45, 2.75) is 39.7 Å². The average Bonchev–Trinajstić information content (AvgIpc) is 3.40. The van der Waals surface area contributed by atoms with Gasteiger partial charge in [-0.25, -0.2) is 5.01 Å². The van der Waals surface area contributed by atoms with Crippen LogP contribution in [0.3, 0.4) is 0 Å². The van der Waals surface area contributed by atoms with E-state index in [2.05, 4.69) is 5.10 Å². The second-order valence-corrected chi connectivity index (χ2v) is 10.5. The average molecular weight is 476 g/mol. The van der Waals surface area contributed by atoms with Gasteiger partial charge in [0, 0.05) is 31.5 Å². The number of hydrogen-bond acceptors (Lipinski definition) is 5. The number of nitrogens with zero attached hydrogens (tertiary/aromatic N) is 3. The topological polar surface area (TPSA) is 62.2 Å². The number of amides is 2. The fourth-order valence-electron chi connectivity index (χ4n) is 3.57. The lowest BCUT2D eigenvalue weighted by atomic mass is 9.91. The van der Waals surface area contributed by atoms with Crippen LogP contribution in [0.1, 0.15) is 50.1 Å². The standard InChI is InChI=1S/C24H30ClN3O3S/c1-24(2,3)15-22(29)27(11-12-31-4)16-23(30)28-20(17-7-9-18(25)10-8-17)14-19(26-28)21-6-5-13-32-21/h5-10,13,20H,11-12,14-16H2,1-4H3. The zero-order chi connectivity index (χ0) is 23.3. The Morgan fingerprint density at radius 1 is 1.25 bits per heavy atom. The van der Waals surface area contributed by atoms with Crippen molar-refractivity contribution < 1.29 is 14.3 Å². The van der Waals surface area contributed by atoms with Crippen LogP contribution in [0, 0.1) is 5.41 Å². The van der Waals surface area contributed by atoms with Gasteiger partial charge in [0.05, 0.1) is 23.2 Å². The molecular weight excluding hydrogens is 446 g/mol. The van der Waals surface area contributed by atoms with Gasteiger partial charge in [0.15, 0.2) is 0 Å². The van der Waals surface area contributed by atoms with Crippen molar-refractivity contribution in [1.29, 1.82) is 0 Å². The highest BCUT2D eigenvalue weighted by atomic mass is 35.5. The molecule has 0 aliphatic carbocycles. The lowest BCUT2D eigenvalue weighted by Crippen LogP contribution is -2.43. The molecule has 0 fully saturated rings. The third-order valence-electron chi connectivity index (χ3n) is 5.15. The van der Waals surface area contributed by atoms with Crippen molar-refractivity contribution in [3.05, 3.63) is 57.2 Å². The molecule has 32 heavy (non-hydrogen) atoms. The van der Waals surface area contributed by atoms with E-state index in [0.29, 0.717) is 31.0 Å². The Morgan fingerprint density at radius 2 is 1.97 bits per heavy atom. The number of halogens is 1. The molecule has 1 atom stereocenters. The fraction of sp³-hybridized carbons (Fsp3) is 0.458. The van der Waals surface area contributed by atoms with Crippen molar-refractivity contribution in [1.82, 2.24) is 9.91 Å². The first-order valence-electron chi connectivity index (χ1n) is 10.6. The second kappa shape index (κ2) is 10.6. The Kier molecular flexibility index (Phi) is 8.09. The molecule has 3 rings (SSSR count). The molecule has 0 spiro atoms. The molecule has 0 bridgehead atoms. The van der Waals surface area contributed by atoms with Crippen LogP contribution in [0.25, 0.3) is 0 Å². The number of carbonyl (C=O) groups is 2. The van der Waals surface area contributed by atoms with Gasteiger partial charge in [-0.3, -0.25) is 9.59 Å². The summed E-state index contributed by atoms with van der Waals surface area (Å²) in [4.78, 5) is 28.9.